The van der Waals surface area contributed by atoms with Crippen molar-refractivity contribution < 1.29 is 4.79 Å². The van der Waals surface area contributed by atoms with Crippen molar-refractivity contribution in [2.24, 2.45) is 0 Å². The molecule has 1 rings (SSSR count). The van der Waals surface area contributed by atoms with Crippen LogP contribution in [0, 0.1) is 0 Å². The van der Waals surface area contributed by atoms with Gasteiger partial charge in [-0.2, -0.15) is 5.10 Å². The van der Waals surface area contributed by atoms with Crippen LogP contribution in [0.5, 0.6) is 0 Å². The lowest BCUT2D eigenvalue weighted by Crippen LogP contribution is -2.36. The predicted molar refractivity (Wildman–Crippen MR) is 50.4 cm³/mol. The molecule has 0 fully saturated rings. The van der Waals surface area contributed by atoms with Gasteiger partial charge in [-0.3, -0.25) is 9.89 Å². The summed E-state index contributed by atoms with van der Waals surface area (Å²) in [5.74, 6) is 0.0336. The molecule has 0 bridgehead atoms. The van der Waals surface area contributed by atoms with Crippen LogP contribution < -0.4 is 0 Å². The number of H-pyrrole nitrogens is 1. The highest BCUT2D eigenvalue weighted by molar-refractivity contribution is 5.93. The Labute approximate surface area is 77.9 Å². The lowest BCUT2D eigenvalue weighted by molar-refractivity contribution is 0.0717. The molecule has 0 aliphatic heterocycles. The Morgan fingerprint density at radius 3 is 2.77 bits per heavy atom. The maximum Gasteiger partial charge on any atom is 0.257 e. The number of nitrogens with one attached hydrogen (secondary N) is 1. The quantitative estimate of drug-likeness (QED) is 0.763. The average Bonchev–Trinajstić information content (AvgIpc) is 2.56. The molecular formula is C9H15N3O. The topological polar surface area (TPSA) is 49.0 Å². The number of rotatable bonds is 3. The number of aromatic nitrogens is 2. The third-order valence-electron chi connectivity index (χ3n) is 1.97. The second kappa shape index (κ2) is 4.07. The Hall–Kier alpha value is -1.32. The van der Waals surface area contributed by atoms with E-state index in [0.717, 1.165) is 6.54 Å². The number of carbonyl (C=O) groups excluding carboxylic acids is 1. The minimum atomic E-state index is 0.0336. The normalized spacial score (nSPS) is 10.5. The molecule has 0 spiro atoms. The minimum absolute atomic E-state index is 0.0336. The Morgan fingerprint density at radius 2 is 2.38 bits per heavy atom. The van der Waals surface area contributed by atoms with E-state index in [0.29, 0.717) is 5.56 Å². The van der Waals surface area contributed by atoms with Crippen molar-refractivity contribution >= 4 is 5.91 Å². The van der Waals surface area contributed by atoms with Crippen molar-refractivity contribution in [2.75, 3.05) is 6.54 Å². The largest absolute Gasteiger partial charge is 0.336 e. The number of amides is 1. The van der Waals surface area contributed by atoms with Gasteiger partial charge in [-0.1, -0.05) is 0 Å². The van der Waals surface area contributed by atoms with Crippen LogP contribution in [-0.2, 0) is 0 Å². The van der Waals surface area contributed by atoms with Crippen molar-refractivity contribution in [3.63, 3.8) is 0 Å². The van der Waals surface area contributed by atoms with E-state index >= 15 is 0 Å². The van der Waals surface area contributed by atoms with Crippen LogP contribution in [0.2, 0.25) is 0 Å². The van der Waals surface area contributed by atoms with Gasteiger partial charge in [0.05, 0.1) is 11.8 Å². The summed E-state index contributed by atoms with van der Waals surface area (Å²) in [6.07, 6.45) is 3.17. The molecule has 4 heteroatoms. The number of hydrogen-bond donors (Lipinski definition) is 1. The third kappa shape index (κ3) is 2.08. The third-order valence-corrected chi connectivity index (χ3v) is 1.97. The summed E-state index contributed by atoms with van der Waals surface area (Å²) in [5.41, 5.74) is 0.621. The Kier molecular flexibility index (Phi) is 3.06. The van der Waals surface area contributed by atoms with Crippen LogP contribution >= 0.6 is 0 Å². The van der Waals surface area contributed by atoms with Crippen LogP contribution in [0.15, 0.2) is 12.4 Å². The van der Waals surface area contributed by atoms with Crippen molar-refractivity contribution in [3.8, 4) is 0 Å². The van der Waals surface area contributed by atoms with Crippen LogP contribution in [0.4, 0.5) is 0 Å². The van der Waals surface area contributed by atoms with Crippen molar-refractivity contribution in [3.05, 3.63) is 18.0 Å². The highest BCUT2D eigenvalue weighted by atomic mass is 16.2. The summed E-state index contributed by atoms with van der Waals surface area (Å²) in [6, 6.07) is 0.229. The fraction of sp³-hybridized carbons (Fsp3) is 0.556. The lowest BCUT2D eigenvalue weighted by Gasteiger charge is -2.24. The van der Waals surface area contributed by atoms with Gasteiger partial charge in [-0.05, 0) is 20.8 Å². The molecule has 0 aliphatic rings. The van der Waals surface area contributed by atoms with E-state index in [1.165, 1.54) is 0 Å². The Balaban J connectivity index is 2.77. The minimum Gasteiger partial charge on any atom is -0.336 e. The van der Waals surface area contributed by atoms with Gasteiger partial charge in [-0.25, -0.2) is 0 Å². The second-order valence-electron chi connectivity index (χ2n) is 3.17. The fourth-order valence-electron chi connectivity index (χ4n) is 1.28. The van der Waals surface area contributed by atoms with E-state index in [1.807, 2.05) is 20.8 Å². The smallest absolute Gasteiger partial charge is 0.257 e. The number of hydrogen-bond acceptors (Lipinski definition) is 2. The SMILES string of the molecule is CCN(C(=O)c1cn[nH]c1)C(C)C. The monoisotopic (exact) mass is 181 g/mol. The fourth-order valence-corrected chi connectivity index (χ4v) is 1.28. The molecule has 1 heterocycles. The predicted octanol–water partition coefficient (Wildman–Crippen LogP) is 1.28. The molecule has 0 aromatic carbocycles. The molecule has 13 heavy (non-hydrogen) atoms. The standard InChI is InChI=1S/C9H15N3O/c1-4-12(7(2)3)9(13)8-5-10-11-6-8/h5-7H,4H2,1-3H3,(H,10,11). The molecule has 1 aromatic heterocycles. The zero-order valence-corrected chi connectivity index (χ0v) is 8.24. The van der Waals surface area contributed by atoms with E-state index in [9.17, 15) is 4.79 Å². The van der Waals surface area contributed by atoms with Crippen LogP contribution in [0.1, 0.15) is 31.1 Å². The summed E-state index contributed by atoms with van der Waals surface area (Å²) in [5, 5.41) is 6.38. The van der Waals surface area contributed by atoms with Crippen molar-refractivity contribution in [2.45, 2.75) is 26.8 Å². The summed E-state index contributed by atoms with van der Waals surface area (Å²) in [4.78, 5) is 13.5. The maximum absolute atomic E-state index is 11.7. The first-order valence-corrected chi connectivity index (χ1v) is 4.46. The zero-order chi connectivity index (χ0) is 9.84. The highest BCUT2D eigenvalue weighted by Crippen LogP contribution is 2.05. The maximum atomic E-state index is 11.7. The molecule has 1 aromatic rings. The van der Waals surface area contributed by atoms with Gasteiger partial charge in [0, 0.05) is 18.8 Å². The van der Waals surface area contributed by atoms with Gasteiger partial charge >= 0.3 is 0 Å². The van der Waals surface area contributed by atoms with Crippen LogP contribution in [0.25, 0.3) is 0 Å². The van der Waals surface area contributed by atoms with Crippen LogP contribution in [0.3, 0.4) is 0 Å². The van der Waals surface area contributed by atoms with Gasteiger partial charge in [0.15, 0.2) is 0 Å². The number of aromatic amines is 1. The van der Waals surface area contributed by atoms with Gasteiger partial charge in [0.2, 0.25) is 0 Å². The first-order chi connectivity index (χ1) is 6.16. The molecule has 1 amide bonds. The molecule has 0 unspecified atom stereocenters. The summed E-state index contributed by atoms with van der Waals surface area (Å²) in [6.45, 7) is 6.70. The van der Waals surface area contributed by atoms with Crippen LogP contribution in [-0.4, -0.2) is 33.6 Å². The Bertz CT molecular complexity index is 266. The van der Waals surface area contributed by atoms with Gasteiger partial charge in [-0.15, -0.1) is 0 Å². The highest BCUT2D eigenvalue weighted by Gasteiger charge is 2.17. The van der Waals surface area contributed by atoms with Gasteiger partial charge < -0.3 is 4.90 Å². The van der Waals surface area contributed by atoms with E-state index < -0.39 is 0 Å². The number of nitrogens with zero attached hydrogens (tertiary/aromatic N) is 2. The summed E-state index contributed by atoms with van der Waals surface area (Å²) in [7, 11) is 0. The summed E-state index contributed by atoms with van der Waals surface area (Å²) < 4.78 is 0. The molecule has 1 N–H and O–H groups in total. The molecular weight excluding hydrogens is 166 g/mol. The summed E-state index contributed by atoms with van der Waals surface area (Å²) >= 11 is 0. The molecule has 0 saturated carbocycles. The van der Waals surface area contributed by atoms with E-state index in [-0.39, 0.29) is 11.9 Å². The first-order valence-electron chi connectivity index (χ1n) is 4.46. The zero-order valence-electron chi connectivity index (χ0n) is 8.24. The molecule has 0 saturated heterocycles. The Morgan fingerprint density at radius 1 is 1.69 bits per heavy atom. The second-order valence-corrected chi connectivity index (χ2v) is 3.17. The number of carbonyl (C=O) groups is 1. The molecule has 72 valence electrons. The van der Waals surface area contributed by atoms with E-state index in [2.05, 4.69) is 10.2 Å². The van der Waals surface area contributed by atoms with E-state index in [4.69, 9.17) is 0 Å². The first kappa shape index (κ1) is 9.77. The van der Waals surface area contributed by atoms with E-state index in [1.54, 1.807) is 17.3 Å². The average molecular weight is 181 g/mol. The van der Waals surface area contributed by atoms with Crippen molar-refractivity contribution in [1.82, 2.24) is 15.1 Å². The molecule has 4 nitrogen and oxygen atoms in total. The van der Waals surface area contributed by atoms with Gasteiger partial charge in [0.1, 0.15) is 0 Å². The molecule has 0 aliphatic carbocycles. The molecule has 0 radical (unpaired) electrons. The molecule has 0 atom stereocenters. The van der Waals surface area contributed by atoms with Crippen molar-refractivity contribution in [1.29, 1.82) is 0 Å². The lowest BCUT2D eigenvalue weighted by atomic mass is 10.2. The van der Waals surface area contributed by atoms with Gasteiger partial charge in [0.25, 0.3) is 5.91 Å².